The molecule has 3 aromatic rings. The van der Waals surface area contributed by atoms with Gasteiger partial charge in [-0.05, 0) is 30.3 Å². The van der Waals surface area contributed by atoms with Gasteiger partial charge in [-0.3, -0.25) is 0 Å². The lowest BCUT2D eigenvalue weighted by molar-refractivity contribution is 0.628. The molecular weight excluding hydrogens is 296 g/mol. The molecule has 0 unspecified atom stereocenters. The zero-order chi connectivity index (χ0) is 15.0. The summed E-state index contributed by atoms with van der Waals surface area (Å²) in [5, 5.41) is 0.727. The second-order valence-electron chi connectivity index (χ2n) is 4.52. The molecule has 0 radical (unpaired) electrons. The molecule has 3 rings (SSSR count). The van der Waals surface area contributed by atoms with E-state index in [2.05, 4.69) is 9.97 Å². The molecule has 0 aliphatic carbocycles. The Morgan fingerprint density at radius 1 is 1.05 bits per heavy atom. The molecule has 0 aliphatic rings. The third-order valence-electron chi connectivity index (χ3n) is 3.19. The van der Waals surface area contributed by atoms with Gasteiger partial charge >= 0.3 is 0 Å². The van der Waals surface area contributed by atoms with E-state index in [9.17, 15) is 8.78 Å². The first-order valence-electron chi connectivity index (χ1n) is 6.15. The first-order valence-corrected chi connectivity index (χ1v) is 6.53. The second-order valence-corrected chi connectivity index (χ2v) is 4.92. The number of halogens is 3. The number of rotatable bonds is 2. The summed E-state index contributed by atoms with van der Waals surface area (Å²) in [6.45, 7) is 0. The molecule has 0 aliphatic heterocycles. The summed E-state index contributed by atoms with van der Waals surface area (Å²) < 4.78 is 26.5. The normalized spacial score (nSPS) is 10.9. The van der Waals surface area contributed by atoms with E-state index in [1.807, 2.05) is 0 Å². The van der Waals surface area contributed by atoms with Gasteiger partial charge in [0, 0.05) is 24.2 Å². The van der Waals surface area contributed by atoms with Gasteiger partial charge in [0.2, 0.25) is 0 Å². The van der Waals surface area contributed by atoms with E-state index in [1.165, 1.54) is 30.6 Å². The van der Waals surface area contributed by atoms with Crippen LogP contribution in [0.3, 0.4) is 0 Å². The van der Waals surface area contributed by atoms with Crippen molar-refractivity contribution in [2.24, 2.45) is 0 Å². The Hall–Kier alpha value is -2.27. The molecule has 0 N–H and O–H groups in total. The van der Waals surface area contributed by atoms with Crippen LogP contribution >= 0.6 is 11.6 Å². The smallest absolute Gasteiger partial charge is 0.144 e. The fourth-order valence-electron chi connectivity index (χ4n) is 2.10. The first-order chi connectivity index (χ1) is 10.1. The maximum absolute atomic E-state index is 13.3. The van der Waals surface area contributed by atoms with Crippen LogP contribution in [0.5, 0.6) is 0 Å². The van der Waals surface area contributed by atoms with Crippen molar-refractivity contribution in [2.75, 3.05) is 11.9 Å². The minimum Gasteiger partial charge on any atom is -0.329 e. The molecule has 0 atom stereocenters. The highest BCUT2D eigenvalue weighted by Gasteiger charge is 2.12. The third kappa shape index (κ3) is 2.52. The van der Waals surface area contributed by atoms with Crippen molar-refractivity contribution in [3.8, 4) is 0 Å². The summed E-state index contributed by atoms with van der Waals surface area (Å²) in [6.07, 6.45) is 1.36. The van der Waals surface area contributed by atoms with Crippen molar-refractivity contribution in [1.29, 1.82) is 0 Å². The third-order valence-corrected chi connectivity index (χ3v) is 3.48. The van der Waals surface area contributed by atoms with Gasteiger partial charge in [0.25, 0.3) is 0 Å². The monoisotopic (exact) mass is 305 g/mol. The highest BCUT2D eigenvalue weighted by atomic mass is 35.5. The van der Waals surface area contributed by atoms with Crippen LogP contribution in [0.1, 0.15) is 0 Å². The van der Waals surface area contributed by atoms with Crippen LogP contribution in [-0.4, -0.2) is 17.0 Å². The average molecular weight is 306 g/mol. The number of anilines is 2. The van der Waals surface area contributed by atoms with Crippen molar-refractivity contribution in [1.82, 2.24) is 9.97 Å². The SMILES string of the molecule is CN(c1ccc(F)c(Cl)c1)c1ncnc2cc(F)ccc12. The molecule has 2 aromatic carbocycles. The molecule has 0 spiro atoms. The van der Waals surface area contributed by atoms with Gasteiger partial charge in [-0.1, -0.05) is 11.6 Å². The van der Waals surface area contributed by atoms with Crippen LogP contribution in [0.4, 0.5) is 20.3 Å². The zero-order valence-corrected chi connectivity index (χ0v) is 11.8. The lowest BCUT2D eigenvalue weighted by atomic mass is 10.2. The number of hydrogen-bond donors (Lipinski definition) is 0. The molecular formula is C15H10ClF2N3. The van der Waals surface area contributed by atoms with Crippen LogP contribution in [-0.2, 0) is 0 Å². The number of benzene rings is 2. The Balaban J connectivity index is 2.12. The minimum absolute atomic E-state index is 0.0313. The first kappa shape index (κ1) is 13.7. The predicted molar refractivity (Wildman–Crippen MR) is 79.0 cm³/mol. The number of nitrogens with zero attached hydrogens (tertiary/aromatic N) is 3. The molecule has 0 saturated heterocycles. The molecule has 6 heteroatoms. The highest BCUT2D eigenvalue weighted by Crippen LogP contribution is 2.30. The molecule has 21 heavy (non-hydrogen) atoms. The lowest BCUT2D eigenvalue weighted by Gasteiger charge is -2.20. The number of hydrogen-bond acceptors (Lipinski definition) is 3. The molecule has 0 saturated carbocycles. The molecule has 1 heterocycles. The van der Waals surface area contributed by atoms with Crippen molar-refractivity contribution in [3.05, 3.63) is 59.4 Å². The van der Waals surface area contributed by atoms with E-state index in [4.69, 9.17) is 11.6 Å². The van der Waals surface area contributed by atoms with E-state index < -0.39 is 5.82 Å². The lowest BCUT2D eigenvalue weighted by Crippen LogP contribution is -2.12. The summed E-state index contributed by atoms with van der Waals surface area (Å²) in [4.78, 5) is 10.0. The fraction of sp³-hybridized carbons (Fsp3) is 0.0667. The second kappa shape index (κ2) is 5.26. The zero-order valence-electron chi connectivity index (χ0n) is 11.0. The van der Waals surface area contributed by atoms with Gasteiger partial charge in [0.15, 0.2) is 0 Å². The van der Waals surface area contributed by atoms with Crippen LogP contribution < -0.4 is 4.90 Å². The van der Waals surface area contributed by atoms with Crippen LogP contribution in [0.15, 0.2) is 42.7 Å². The van der Waals surface area contributed by atoms with Gasteiger partial charge in [-0.2, -0.15) is 0 Å². The van der Waals surface area contributed by atoms with E-state index in [-0.39, 0.29) is 10.8 Å². The van der Waals surface area contributed by atoms with Crippen molar-refractivity contribution in [3.63, 3.8) is 0 Å². The van der Waals surface area contributed by atoms with Gasteiger partial charge in [-0.15, -0.1) is 0 Å². The van der Waals surface area contributed by atoms with E-state index in [1.54, 1.807) is 24.1 Å². The fourth-order valence-corrected chi connectivity index (χ4v) is 2.27. The number of fused-ring (bicyclic) bond motifs is 1. The summed E-state index contributed by atoms with van der Waals surface area (Å²) >= 11 is 5.80. The Kier molecular flexibility index (Phi) is 3.43. The van der Waals surface area contributed by atoms with Gasteiger partial charge in [-0.25, -0.2) is 18.7 Å². The maximum Gasteiger partial charge on any atom is 0.144 e. The topological polar surface area (TPSA) is 29.0 Å². The highest BCUT2D eigenvalue weighted by molar-refractivity contribution is 6.31. The molecule has 3 nitrogen and oxygen atoms in total. The van der Waals surface area contributed by atoms with Crippen molar-refractivity contribution < 1.29 is 8.78 Å². The molecule has 0 fully saturated rings. The Morgan fingerprint density at radius 3 is 2.62 bits per heavy atom. The van der Waals surface area contributed by atoms with Gasteiger partial charge in [0.1, 0.15) is 23.8 Å². The van der Waals surface area contributed by atoms with E-state index >= 15 is 0 Å². The predicted octanol–water partition coefficient (Wildman–Crippen LogP) is 4.33. The summed E-state index contributed by atoms with van der Waals surface area (Å²) in [5.74, 6) is -0.259. The Bertz CT molecular complexity index is 823. The Labute approximate surface area is 124 Å². The minimum atomic E-state index is -0.483. The van der Waals surface area contributed by atoms with Crippen LogP contribution in [0, 0.1) is 11.6 Å². The van der Waals surface area contributed by atoms with Gasteiger partial charge in [0.05, 0.1) is 10.5 Å². The van der Waals surface area contributed by atoms with E-state index in [0.29, 0.717) is 22.4 Å². The molecule has 106 valence electrons. The standard InChI is InChI=1S/C15H10ClF2N3/c1-21(10-3-5-13(18)12(16)7-10)15-11-4-2-9(17)6-14(11)19-8-20-15/h2-8H,1H3. The summed E-state index contributed by atoms with van der Waals surface area (Å²) in [7, 11) is 1.77. The molecule has 1 aromatic heterocycles. The summed E-state index contributed by atoms with van der Waals surface area (Å²) in [5.41, 5.74) is 1.17. The van der Waals surface area contributed by atoms with Crippen LogP contribution in [0.25, 0.3) is 10.9 Å². The number of aromatic nitrogens is 2. The summed E-state index contributed by atoms with van der Waals surface area (Å²) in [6, 6.07) is 8.69. The van der Waals surface area contributed by atoms with Crippen molar-refractivity contribution in [2.45, 2.75) is 0 Å². The molecule has 0 bridgehead atoms. The van der Waals surface area contributed by atoms with Crippen LogP contribution in [0.2, 0.25) is 5.02 Å². The molecule has 0 amide bonds. The maximum atomic E-state index is 13.3. The average Bonchev–Trinajstić information content (AvgIpc) is 2.48. The van der Waals surface area contributed by atoms with E-state index in [0.717, 1.165) is 0 Å². The quantitative estimate of drug-likeness (QED) is 0.705. The largest absolute Gasteiger partial charge is 0.329 e. The van der Waals surface area contributed by atoms with Crippen molar-refractivity contribution >= 4 is 34.0 Å². The van der Waals surface area contributed by atoms with Gasteiger partial charge < -0.3 is 4.90 Å². The Morgan fingerprint density at radius 2 is 1.86 bits per heavy atom.